The maximum absolute atomic E-state index is 12.8. The normalized spacial score (nSPS) is 16.7. The number of methoxy groups -OCH3 is 1. The Hall–Kier alpha value is -3.27. The number of alkyl halides is 3. The molecule has 0 saturated carbocycles. The Labute approximate surface area is 182 Å². The fourth-order valence-corrected chi connectivity index (χ4v) is 4.13. The first-order chi connectivity index (χ1) is 15.3. The van der Waals surface area contributed by atoms with Crippen LogP contribution in [0.5, 0.6) is 5.75 Å². The number of aromatic nitrogens is 2. The van der Waals surface area contributed by atoms with Crippen LogP contribution in [0, 0.1) is 0 Å². The van der Waals surface area contributed by atoms with Gasteiger partial charge in [-0.25, -0.2) is 4.98 Å². The third kappa shape index (κ3) is 4.36. The Kier molecular flexibility index (Phi) is 5.96. The zero-order valence-electron chi connectivity index (χ0n) is 17.4. The van der Waals surface area contributed by atoms with Crippen molar-refractivity contribution in [1.82, 2.24) is 14.9 Å². The maximum Gasteiger partial charge on any atom is 0.417 e. The van der Waals surface area contributed by atoms with E-state index in [-0.39, 0.29) is 0 Å². The lowest BCUT2D eigenvalue weighted by atomic mass is 10.0. The minimum atomic E-state index is -4.43. The van der Waals surface area contributed by atoms with E-state index in [1.54, 1.807) is 19.4 Å². The second kappa shape index (κ2) is 8.70. The summed E-state index contributed by atoms with van der Waals surface area (Å²) in [5.41, 5.74) is 0.670. The van der Waals surface area contributed by atoms with Gasteiger partial charge in [0, 0.05) is 55.0 Å². The van der Waals surface area contributed by atoms with Gasteiger partial charge in [0.25, 0.3) is 0 Å². The summed E-state index contributed by atoms with van der Waals surface area (Å²) in [4.78, 5) is 23.1. The SMILES string of the molecule is COc1ccc2[nH]cc(C(C(=O)O)N3CCCN(c4ccc(C(F)(F)F)cn4)CC3)c2c1. The summed E-state index contributed by atoms with van der Waals surface area (Å²) in [7, 11) is 1.56. The summed E-state index contributed by atoms with van der Waals surface area (Å²) in [5.74, 6) is 0.122. The Bertz CT molecular complexity index is 1100. The molecule has 32 heavy (non-hydrogen) atoms. The molecule has 170 valence electrons. The van der Waals surface area contributed by atoms with Gasteiger partial charge in [0.15, 0.2) is 0 Å². The number of carboxylic acid groups (broad SMARTS) is 1. The molecule has 7 nitrogen and oxygen atoms in total. The molecule has 3 aromatic rings. The number of aromatic amines is 1. The van der Waals surface area contributed by atoms with Crippen LogP contribution >= 0.6 is 0 Å². The van der Waals surface area contributed by atoms with Crippen LogP contribution in [-0.2, 0) is 11.0 Å². The monoisotopic (exact) mass is 448 g/mol. The molecule has 0 bridgehead atoms. The minimum Gasteiger partial charge on any atom is -0.497 e. The largest absolute Gasteiger partial charge is 0.497 e. The molecule has 0 radical (unpaired) electrons. The number of aliphatic carboxylic acids is 1. The van der Waals surface area contributed by atoms with Crippen LogP contribution in [0.15, 0.2) is 42.7 Å². The molecule has 0 amide bonds. The molecule has 2 aromatic heterocycles. The highest BCUT2D eigenvalue weighted by molar-refractivity contribution is 5.90. The summed E-state index contributed by atoms with van der Waals surface area (Å²) in [6.45, 7) is 1.98. The second-order valence-corrected chi connectivity index (χ2v) is 7.68. The third-order valence-electron chi connectivity index (χ3n) is 5.74. The molecule has 3 heterocycles. The molecular weight excluding hydrogens is 425 g/mol. The van der Waals surface area contributed by atoms with E-state index in [1.807, 2.05) is 21.9 Å². The lowest BCUT2D eigenvalue weighted by Crippen LogP contribution is -2.37. The van der Waals surface area contributed by atoms with Crippen molar-refractivity contribution in [2.24, 2.45) is 0 Å². The Morgan fingerprint density at radius 3 is 2.66 bits per heavy atom. The summed E-state index contributed by atoms with van der Waals surface area (Å²) < 4.78 is 43.7. The number of hydrogen-bond donors (Lipinski definition) is 2. The molecule has 1 aliphatic rings. The summed E-state index contributed by atoms with van der Waals surface area (Å²) >= 11 is 0. The molecule has 1 fully saturated rings. The van der Waals surface area contributed by atoms with Gasteiger partial charge in [-0.3, -0.25) is 9.69 Å². The summed E-state index contributed by atoms with van der Waals surface area (Å²) in [5, 5.41) is 10.8. The number of benzene rings is 1. The van der Waals surface area contributed by atoms with Crippen LogP contribution in [0.25, 0.3) is 10.9 Å². The molecule has 1 atom stereocenters. The van der Waals surface area contributed by atoms with E-state index in [4.69, 9.17) is 4.74 Å². The highest BCUT2D eigenvalue weighted by atomic mass is 19.4. The van der Waals surface area contributed by atoms with E-state index in [0.29, 0.717) is 49.7 Å². The first kappa shape index (κ1) is 21.9. The lowest BCUT2D eigenvalue weighted by Gasteiger charge is -2.27. The fraction of sp³-hybridized carbons (Fsp3) is 0.364. The van der Waals surface area contributed by atoms with Gasteiger partial charge < -0.3 is 19.7 Å². The average Bonchev–Trinajstić information content (AvgIpc) is 3.01. The zero-order chi connectivity index (χ0) is 22.9. The van der Waals surface area contributed by atoms with E-state index in [2.05, 4.69) is 9.97 Å². The van der Waals surface area contributed by atoms with Gasteiger partial charge in [0.05, 0.1) is 12.7 Å². The van der Waals surface area contributed by atoms with Crippen LogP contribution < -0.4 is 9.64 Å². The molecule has 2 N–H and O–H groups in total. The van der Waals surface area contributed by atoms with Crippen LogP contribution in [0.4, 0.5) is 19.0 Å². The number of anilines is 1. The Morgan fingerprint density at radius 2 is 2.00 bits per heavy atom. The number of rotatable bonds is 5. The van der Waals surface area contributed by atoms with Crippen molar-refractivity contribution in [2.75, 3.05) is 38.2 Å². The highest BCUT2D eigenvalue weighted by Gasteiger charge is 2.33. The number of pyridine rings is 1. The molecule has 10 heteroatoms. The number of nitrogens with one attached hydrogen (secondary N) is 1. The van der Waals surface area contributed by atoms with Gasteiger partial charge in [-0.15, -0.1) is 0 Å². The van der Waals surface area contributed by atoms with Gasteiger partial charge in [-0.05, 0) is 36.8 Å². The van der Waals surface area contributed by atoms with Gasteiger partial charge in [0.2, 0.25) is 0 Å². The minimum absolute atomic E-state index is 0.427. The van der Waals surface area contributed by atoms with Crippen molar-refractivity contribution in [3.63, 3.8) is 0 Å². The third-order valence-corrected chi connectivity index (χ3v) is 5.74. The molecule has 1 saturated heterocycles. The van der Waals surface area contributed by atoms with E-state index in [0.717, 1.165) is 23.2 Å². The number of nitrogens with zero attached hydrogens (tertiary/aromatic N) is 3. The molecule has 0 spiro atoms. The number of carbonyl (C=O) groups is 1. The molecular formula is C22H23F3N4O3. The molecule has 1 aromatic carbocycles. The van der Waals surface area contributed by atoms with Crippen LogP contribution in [0.3, 0.4) is 0 Å². The predicted molar refractivity (Wildman–Crippen MR) is 113 cm³/mol. The number of fused-ring (bicyclic) bond motifs is 1. The zero-order valence-corrected chi connectivity index (χ0v) is 17.4. The van der Waals surface area contributed by atoms with Gasteiger partial charge in [-0.1, -0.05) is 0 Å². The standard InChI is InChI=1S/C22H23F3N4O3/c1-32-15-4-5-18-16(11-15)17(13-26-18)20(21(30)31)29-8-2-7-28(9-10-29)19-6-3-14(12-27-19)22(23,24)25/h3-6,11-13,20,26H,2,7-10H2,1H3,(H,30,31). The molecule has 0 aliphatic carbocycles. The van der Waals surface area contributed by atoms with Crippen molar-refractivity contribution >= 4 is 22.7 Å². The molecule has 1 aliphatic heterocycles. The van der Waals surface area contributed by atoms with Crippen molar-refractivity contribution in [1.29, 1.82) is 0 Å². The quantitative estimate of drug-likeness (QED) is 0.616. The lowest BCUT2D eigenvalue weighted by molar-refractivity contribution is -0.143. The number of H-pyrrole nitrogens is 1. The van der Waals surface area contributed by atoms with E-state index >= 15 is 0 Å². The van der Waals surface area contributed by atoms with Crippen LogP contribution in [0.1, 0.15) is 23.6 Å². The second-order valence-electron chi connectivity index (χ2n) is 7.68. The smallest absolute Gasteiger partial charge is 0.417 e. The van der Waals surface area contributed by atoms with E-state index in [1.165, 1.54) is 6.07 Å². The van der Waals surface area contributed by atoms with Crippen molar-refractivity contribution in [2.45, 2.75) is 18.6 Å². The van der Waals surface area contributed by atoms with E-state index < -0.39 is 23.8 Å². The fourth-order valence-electron chi connectivity index (χ4n) is 4.13. The number of ether oxygens (including phenoxy) is 1. The van der Waals surface area contributed by atoms with Crippen molar-refractivity contribution in [3.8, 4) is 5.75 Å². The first-order valence-electron chi connectivity index (χ1n) is 10.2. The highest BCUT2D eigenvalue weighted by Crippen LogP contribution is 2.33. The topological polar surface area (TPSA) is 81.7 Å². The summed E-state index contributed by atoms with van der Waals surface area (Å²) in [6.07, 6.45) is -1.24. The predicted octanol–water partition coefficient (Wildman–Crippen LogP) is 3.93. The maximum atomic E-state index is 12.8. The number of halogens is 3. The number of carboxylic acids is 1. The van der Waals surface area contributed by atoms with Gasteiger partial charge >= 0.3 is 12.1 Å². The van der Waals surface area contributed by atoms with Crippen molar-refractivity contribution in [3.05, 3.63) is 53.9 Å². The van der Waals surface area contributed by atoms with E-state index in [9.17, 15) is 23.1 Å². The first-order valence-corrected chi connectivity index (χ1v) is 10.2. The van der Waals surface area contributed by atoms with Crippen LogP contribution in [-0.4, -0.2) is 59.2 Å². The van der Waals surface area contributed by atoms with Crippen molar-refractivity contribution < 1.29 is 27.8 Å². The average molecular weight is 448 g/mol. The van der Waals surface area contributed by atoms with Crippen LogP contribution in [0.2, 0.25) is 0 Å². The molecule has 4 rings (SSSR count). The Balaban J connectivity index is 1.55. The van der Waals surface area contributed by atoms with Gasteiger partial charge in [-0.2, -0.15) is 13.2 Å². The van der Waals surface area contributed by atoms with Gasteiger partial charge in [0.1, 0.15) is 17.6 Å². The number of hydrogen-bond acceptors (Lipinski definition) is 5. The molecule has 1 unspecified atom stereocenters. The summed E-state index contributed by atoms with van der Waals surface area (Å²) in [6, 6.07) is 6.98. The Morgan fingerprint density at radius 1 is 1.19 bits per heavy atom.